The first kappa shape index (κ1) is 16.4. The van der Waals surface area contributed by atoms with E-state index in [1.54, 1.807) is 4.90 Å². The highest BCUT2D eigenvalue weighted by Gasteiger charge is 2.12. The van der Waals surface area contributed by atoms with Gasteiger partial charge in [0.1, 0.15) is 5.82 Å². The number of carboxylic acids is 1. The highest BCUT2D eigenvalue weighted by Crippen LogP contribution is 2.06. The zero-order valence-corrected chi connectivity index (χ0v) is 12.8. The van der Waals surface area contributed by atoms with E-state index in [-0.39, 0.29) is 18.1 Å². The summed E-state index contributed by atoms with van der Waals surface area (Å²) in [6.07, 6.45) is 2.45. The van der Waals surface area contributed by atoms with Crippen LogP contribution in [-0.2, 0) is 11.3 Å². The van der Waals surface area contributed by atoms with Crippen molar-refractivity contribution in [1.82, 2.24) is 14.9 Å². The molecule has 0 fully saturated rings. The summed E-state index contributed by atoms with van der Waals surface area (Å²) in [5.74, 6) is -0.847. The Morgan fingerprint density at radius 3 is 2.48 bits per heavy atom. The lowest BCUT2D eigenvalue weighted by Crippen LogP contribution is -2.35. The predicted molar refractivity (Wildman–Crippen MR) is 85.0 cm³/mol. The lowest BCUT2D eigenvalue weighted by atomic mass is 10.2. The first-order valence-electron chi connectivity index (χ1n) is 7.21. The molecule has 2 aromatic rings. The zero-order valence-electron chi connectivity index (χ0n) is 12.8. The maximum atomic E-state index is 12.2. The van der Waals surface area contributed by atoms with E-state index in [1.807, 2.05) is 37.3 Å². The van der Waals surface area contributed by atoms with E-state index in [2.05, 4.69) is 15.3 Å². The molecule has 0 atom stereocenters. The molecule has 0 unspecified atom stereocenters. The van der Waals surface area contributed by atoms with Gasteiger partial charge >= 0.3 is 5.97 Å². The van der Waals surface area contributed by atoms with Gasteiger partial charge < -0.3 is 15.3 Å². The number of anilines is 1. The van der Waals surface area contributed by atoms with E-state index in [4.69, 9.17) is 5.11 Å². The largest absolute Gasteiger partial charge is 0.476 e. The van der Waals surface area contributed by atoms with Crippen molar-refractivity contribution in [2.45, 2.75) is 13.5 Å². The quantitative estimate of drug-likeness (QED) is 0.806. The molecule has 0 aliphatic heterocycles. The van der Waals surface area contributed by atoms with Crippen LogP contribution in [0.25, 0.3) is 0 Å². The van der Waals surface area contributed by atoms with Crippen LogP contribution in [0.4, 0.5) is 5.82 Å². The Labute approximate surface area is 134 Å². The number of carboxylic acid groups (broad SMARTS) is 1. The van der Waals surface area contributed by atoms with Gasteiger partial charge in [0.05, 0.1) is 18.9 Å². The van der Waals surface area contributed by atoms with Crippen LogP contribution in [0.5, 0.6) is 0 Å². The molecule has 120 valence electrons. The molecule has 0 radical (unpaired) electrons. The van der Waals surface area contributed by atoms with Crippen molar-refractivity contribution in [2.75, 3.05) is 18.4 Å². The van der Waals surface area contributed by atoms with Crippen molar-refractivity contribution in [2.24, 2.45) is 0 Å². The Hall–Kier alpha value is -2.96. The Morgan fingerprint density at radius 1 is 1.17 bits per heavy atom. The molecule has 2 rings (SSSR count). The van der Waals surface area contributed by atoms with E-state index in [0.717, 1.165) is 11.8 Å². The van der Waals surface area contributed by atoms with Gasteiger partial charge in [-0.05, 0) is 12.5 Å². The van der Waals surface area contributed by atoms with Crippen LogP contribution >= 0.6 is 0 Å². The maximum absolute atomic E-state index is 12.2. The fraction of sp³-hybridized carbons (Fsp3) is 0.250. The monoisotopic (exact) mass is 314 g/mol. The lowest BCUT2D eigenvalue weighted by Gasteiger charge is -2.21. The number of benzene rings is 1. The lowest BCUT2D eigenvalue weighted by molar-refractivity contribution is -0.129. The van der Waals surface area contributed by atoms with E-state index < -0.39 is 5.97 Å². The molecule has 0 aliphatic rings. The molecule has 1 amide bonds. The fourth-order valence-electron chi connectivity index (χ4n) is 1.99. The standard InChI is InChI=1S/C16H18N4O3/c1-2-20(11-12-6-4-3-5-7-12)15(21)10-19-14-9-17-13(8-18-14)16(22)23/h3-9H,2,10-11H2,1H3,(H,18,19)(H,22,23). The molecule has 23 heavy (non-hydrogen) atoms. The number of carbonyl (C=O) groups excluding carboxylic acids is 1. The van der Waals surface area contributed by atoms with E-state index in [9.17, 15) is 9.59 Å². The van der Waals surface area contributed by atoms with Gasteiger partial charge in [0.2, 0.25) is 5.91 Å². The molecule has 0 spiro atoms. The minimum atomic E-state index is -1.14. The molecule has 7 nitrogen and oxygen atoms in total. The summed E-state index contributed by atoms with van der Waals surface area (Å²) in [5, 5.41) is 11.6. The molecule has 1 aromatic carbocycles. The summed E-state index contributed by atoms with van der Waals surface area (Å²) >= 11 is 0. The van der Waals surface area contributed by atoms with Crippen LogP contribution < -0.4 is 5.32 Å². The van der Waals surface area contributed by atoms with Gasteiger partial charge in [0.25, 0.3) is 0 Å². The highest BCUT2D eigenvalue weighted by molar-refractivity contribution is 5.85. The Kier molecular flexibility index (Phi) is 5.62. The van der Waals surface area contributed by atoms with Gasteiger partial charge in [-0.1, -0.05) is 30.3 Å². The number of nitrogens with zero attached hydrogens (tertiary/aromatic N) is 3. The molecule has 1 aromatic heterocycles. The topological polar surface area (TPSA) is 95.4 Å². The zero-order chi connectivity index (χ0) is 16.7. The number of nitrogens with one attached hydrogen (secondary N) is 1. The molecule has 0 bridgehead atoms. The Morgan fingerprint density at radius 2 is 1.91 bits per heavy atom. The van der Waals surface area contributed by atoms with Gasteiger partial charge in [0, 0.05) is 13.1 Å². The molecule has 1 heterocycles. The van der Waals surface area contributed by atoms with Crippen molar-refractivity contribution in [3.05, 3.63) is 54.0 Å². The van der Waals surface area contributed by atoms with Crippen molar-refractivity contribution >= 4 is 17.7 Å². The van der Waals surface area contributed by atoms with Crippen LogP contribution in [0.2, 0.25) is 0 Å². The Bertz CT molecular complexity index is 659. The first-order valence-corrected chi connectivity index (χ1v) is 7.21. The third-order valence-electron chi connectivity index (χ3n) is 3.24. The van der Waals surface area contributed by atoms with Crippen LogP contribution in [0.1, 0.15) is 23.0 Å². The molecule has 0 aliphatic carbocycles. The summed E-state index contributed by atoms with van der Waals surface area (Å²) in [5.41, 5.74) is 0.925. The number of carbonyl (C=O) groups is 2. The van der Waals surface area contributed by atoms with Gasteiger partial charge in [-0.3, -0.25) is 4.79 Å². The van der Waals surface area contributed by atoms with E-state index in [0.29, 0.717) is 18.9 Å². The number of aromatic nitrogens is 2. The smallest absolute Gasteiger partial charge is 0.356 e. The van der Waals surface area contributed by atoms with Crippen LogP contribution in [0, 0.1) is 0 Å². The SMILES string of the molecule is CCN(Cc1ccccc1)C(=O)CNc1cnc(C(=O)O)cn1. The fourth-order valence-corrected chi connectivity index (χ4v) is 1.99. The maximum Gasteiger partial charge on any atom is 0.356 e. The minimum Gasteiger partial charge on any atom is -0.476 e. The Balaban J connectivity index is 1.90. The average Bonchev–Trinajstić information content (AvgIpc) is 2.58. The van der Waals surface area contributed by atoms with Crippen molar-refractivity contribution in [3.8, 4) is 0 Å². The summed E-state index contributed by atoms with van der Waals surface area (Å²) in [6.45, 7) is 3.13. The van der Waals surface area contributed by atoms with Crippen LogP contribution in [0.15, 0.2) is 42.7 Å². The molecule has 0 saturated heterocycles. The summed E-state index contributed by atoms with van der Waals surface area (Å²) < 4.78 is 0. The first-order chi connectivity index (χ1) is 11.1. The molecular formula is C16H18N4O3. The normalized spacial score (nSPS) is 10.1. The van der Waals surface area contributed by atoms with Crippen molar-refractivity contribution in [3.63, 3.8) is 0 Å². The van der Waals surface area contributed by atoms with Gasteiger partial charge in [-0.25, -0.2) is 14.8 Å². The van der Waals surface area contributed by atoms with Crippen LogP contribution in [0.3, 0.4) is 0 Å². The van der Waals surface area contributed by atoms with Gasteiger partial charge in [0.15, 0.2) is 5.69 Å². The second kappa shape index (κ2) is 7.88. The van der Waals surface area contributed by atoms with Crippen molar-refractivity contribution < 1.29 is 14.7 Å². The predicted octanol–water partition coefficient (Wildman–Crippen LogP) is 1.64. The second-order valence-corrected chi connectivity index (χ2v) is 4.84. The molecule has 7 heteroatoms. The van der Waals surface area contributed by atoms with Crippen molar-refractivity contribution in [1.29, 1.82) is 0 Å². The molecule has 0 saturated carbocycles. The minimum absolute atomic E-state index is 0.0690. The highest BCUT2D eigenvalue weighted by atomic mass is 16.4. The van der Waals surface area contributed by atoms with Gasteiger partial charge in [-0.2, -0.15) is 0 Å². The number of rotatable bonds is 7. The molecular weight excluding hydrogens is 296 g/mol. The van der Waals surface area contributed by atoms with Gasteiger partial charge in [-0.15, -0.1) is 0 Å². The summed E-state index contributed by atoms with van der Waals surface area (Å²) in [6, 6.07) is 9.75. The number of aromatic carboxylic acids is 1. The van der Waals surface area contributed by atoms with Crippen LogP contribution in [-0.4, -0.2) is 44.9 Å². The number of hydrogen-bond donors (Lipinski definition) is 2. The number of amides is 1. The summed E-state index contributed by atoms with van der Waals surface area (Å²) in [4.78, 5) is 32.3. The van der Waals surface area contributed by atoms with E-state index in [1.165, 1.54) is 6.20 Å². The van der Waals surface area contributed by atoms with E-state index >= 15 is 0 Å². The molecule has 2 N–H and O–H groups in total. The third kappa shape index (κ3) is 4.77. The number of likely N-dealkylation sites (N-methyl/N-ethyl adjacent to an activating group) is 1. The summed E-state index contributed by atoms with van der Waals surface area (Å²) in [7, 11) is 0. The second-order valence-electron chi connectivity index (χ2n) is 4.84. The average molecular weight is 314 g/mol. The number of hydrogen-bond acceptors (Lipinski definition) is 5. The third-order valence-corrected chi connectivity index (χ3v) is 3.24.